The van der Waals surface area contributed by atoms with Crippen LogP contribution in [-0.2, 0) is 14.3 Å². The SMILES string of the molecule is O=C(NC1CC1)C(Nc1nc(-c2ccc(F)cc2)cs1)OC(=O)C(F)(F)F. The van der Waals surface area contributed by atoms with Gasteiger partial charge >= 0.3 is 12.1 Å². The molecule has 1 aromatic heterocycles. The Morgan fingerprint density at radius 2 is 1.89 bits per heavy atom. The van der Waals surface area contributed by atoms with Gasteiger partial charge in [-0.2, -0.15) is 13.2 Å². The number of aromatic nitrogens is 1. The number of alkyl halides is 3. The Balaban J connectivity index is 1.73. The van der Waals surface area contributed by atoms with Crippen molar-refractivity contribution in [1.82, 2.24) is 10.3 Å². The molecule has 1 saturated carbocycles. The summed E-state index contributed by atoms with van der Waals surface area (Å²) in [4.78, 5) is 27.3. The first-order valence-corrected chi connectivity index (χ1v) is 8.66. The number of esters is 1. The van der Waals surface area contributed by atoms with Crippen LogP contribution in [0.3, 0.4) is 0 Å². The average Bonchev–Trinajstić information content (AvgIpc) is 3.29. The van der Waals surface area contributed by atoms with Crippen molar-refractivity contribution in [2.24, 2.45) is 0 Å². The van der Waals surface area contributed by atoms with Crippen LogP contribution in [-0.4, -0.2) is 35.3 Å². The molecule has 3 rings (SSSR count). The van der Waals surface area contributed by atoms with Gasteiger partial charge in [-0.15, -0.1) is 11.3 Å². The van der Waals surface area contributed by atoms with E-state index in [4.69, 9.17) is 0 Å². The number of amides is 1. The van der Waals surface area contributed by atoms with Gasteiger partial charge in [0.15, 0.2) is 5.13 Å². The molecule has 1 aliphatic rings. The Hall–Kier alpha value is -2.69. The molecule has 1 amide bonds. The second-order valence-electron chi connectivity index (χ2n) is 5.76. The molecule has 1 unspecified atom stereocenters. The standard InChI is InChI=1S/C16H13F4N3O3S/c17-9-3-1-8(2-4-9)11-7-27-15(22-11)23-13(12(24)21-10-5-6-10)26-14(25)16(18,19)20/h1-4,7,10,13H,5-6H2,(H,21,24)(H,22,23). The molecule has 1 heterocycles. The molecule has 1 atom stereocenters. The summed E-state index contributed by atoms with van der Waals surface area (Å²) in [6, 6.07) is 5.29. The van der Waals surface area contributed by atoms with Crippen molar-refractivity contribution in [3.05, 3.63) is 35.5 Å². The first kappa shape index (κ1) is 19.1. The number of carbonyl (C=O) groups excluding carboxylic acids is 2. The molecule has 6 nitrogen and oxygen atoms in total. The number of carbonyl (C=O) groups is 2. The highest BCUT2D eigenvalue weighted by atomic mass is 32.1. The fourth-order valence-electron chi connectivity index (χ4n) is 2.03. The smallest absolute Gasteiger partial charge is 0.425 e. The molecule has 27 heavy (non-hydrogen) atoms. The lowest BCUT2D eigenvalue weighted by atomic mass is 10.2. The molecule has 1 fully saturated rings. The third-order valence-electron chi connectivity index (χ3n) is 3.52. The minimum absolute atomic E-state index is 0.0697. The van der Waals surface area contributed by atoms with E-state index >= 15 is 0 Å². The molecule has 1 aliphatic carbocycles. The largest absolute Gasteiger partial charge is 0.491 e. The topological polar surface area (TPSA) is 80.3 Å². The van der Waals surface area contributed by atoms with Gasteiger partial charge in [0.2, 0.25) is 0 Å². The zero-order valence-corrected chi connectivity index (χ0v) is 14.4. The summed E-state index contributed by atoms with van der Waals surface area (Å²) in [5, 5.41) is 6.50. The number of hydrogen-bond donors (Lipinski definition) is 2. The molecular formula is C16H13F4N3O3S. The van der Waals surface area contributed by atoms with Gasteiger partial charge in [0.05, 0.1) is 5.69 Å². The van der Waals surface area contributed by atoms with Gasteiger partial charge in [0, 0.05) is 17.0 Å². The Morgan fingerprint density at radius 1 is 1.22 bits per heavy atom. The molecule has 1 aromatic carbocycles. The van der Waals surface area contributed by atoms with E-state index in [0.717, 1.165) is 11.3 Å². The van der Waals surface area contributed by atoms with E-state index in [1.165, 1.54) is 24.3 Å². The maximum Gasteiger partial charge on any atom is 0.491 e. The van der Waals surface area contributed by atoms with Crippen LogP contribution in [0.5, 0.6) is 0 Å². The number of nitrogens with zero attached hydrogens (tertiary/aromatic N) is 1. The number of hydrogen-bond acceptors (Lipinski definition) is 6. The number of halogens is 4. The quantitative estimate of drug-likeness (QED) is 0.440. The third kappa shape index (κ3) is 5.16. The monoisotopic (exact) mass is 403 g/mol. The molecule has 144 valence electrons. The van der Waals surface area contributed by atoms with Crippen molar-refractivity contribution < 1.29 is 31.9 Å². The predicted molar refractivity (Wildman–Crippen MR) is 88.2 cm³/mol. The van der Waals surface area contributed by atoms with Gasteiger partial charge in [0.1, 0.15) is 5.82 Å². The lowest BCUT2D eigenvalue weighted by Gasteiger charge is -2.18. The number of ether oxygens (including phenoxy) is 1. The Kier molecular flexibility index (Phi) is 5.31. The second-order valence-corrected chi connectivity index (χ2v) is 6.61. The van der Waals surface area contributed by atoms with E-state index < -0.39 is 30.1 Å². The zero-order chi connectivity index (χ0) is 19.6. The van der Waals surface area contributed by atoms with Crippen LogP contribution >= 0.6 is 11.3 Å². The minimum Gasteiger partial charge on any atom is -0.425 e. The first-order chi connectivity index (χ1) is 12.7. The number of anilines is 1. The highest BCUT2D eigenvalue weighted by Crippen LogP contribution is 2.26. The van der Waals surface area contributed by atoms with Gasteiger partial charge in [-0.05, 0) is 37.1 Å². The van der Waals surface area contributed by atoms with Crippen molar-refractivity contribution in [3.8, 4) is 11.3 Å². The Labute approximate surface area is 154 Å². The van der Waals surface area contributed by atoms with Gasteiger partial charge in [-0.1, -0.05) is 0 Å². The molecule has 0 spiro atoms. The minimum atomic E-state index is -5.23. The van der Waals surface area contributed by atoms with Crippen LogP contribution in [0, 0.1) is 5.82 Å². The molecule has 0 bridgehead atoms. The average molecular weight is 403 g/mol. The number of benzene rings is 1. The Bertz CT molecular complexity index is 834. The molecule has 0 radical (unpaired) electrons. The highest BCUT2D eigenvalue weighted by molar-refractivity contribution is 7.14. The summed E-state index contributed by atoms with van der Waals surface area (Å²) >= 11 is 0.995. The Morgan fingerprint density at radius 3 is 2.48 bits per heavy atom. The highest BCUT2D eigenvalue weighted by Gasteiger charge is 2.44. The molecule has 0 saturated heterocycles. The summed E-state index contributed by atoms with van der Waals surface area (Å²) < 4.78 is 54.7. The van der Waals surface area contributed by atoms with Gasteiger partial charge in [-0.3, -0.25) is 4.79 Å². The number of nitrogens with one attached hydrogen (secondary N) is 2. The molecule has 0 aliphatic heterocycles. The number of rotatable bonds is 6. The molecule has 2 N–H and O–H groups in total. The zero-order valence-electron chi connectivity index (χ0n) is 13.5. The van der Waals surface area contributed by atoms with Crippen LogP contribution in [0.25, 0.3) is 11.3 Å². The van der Waals surface area contributed by atoms with Gasteiger partial charge in [0.25, 0.3) is 12.1 Å². The molecule has 11 heteroatoms. The van der Waals surface area contributed by atoms with Crippen LogP contribution in [0.2, 0.25) is 0 Å². The molecule has 2 aromatic rings. The van der Waals surface area contributed by atoms with Crippen LogP contribution in [0.15, 0.2) is 29.6 Å². The fraction of sp³-hybridized carbons (Fsp3) is 0.312. The van der Waals surface area contributed by atoms with Crippen molar-refractivity contribution in [2.75, 3.05) is 5.32 Å². The van der Waals surface area contributed by atoms with Crippen LogP contribution in [0.1, 0.15) is 12.8 Å². The normalized spacial score (nSPS) is 15.1. The lowest BCUT2D eigenvalue weighted by Crippen LogP contribution is -2.45. The van der Waals surface area contributed by atoms with Crippen LogP contribution < -0.4 is 10.6 Å². The summed E-state index contributed by atoms with van der Waals surface area (Å²) in [7, 11) is 0. The maximum atomic E-state index is 13.0. The first-order valence-electron chi connectivity index (χ1n) is 7.78. The molecular weight excluding hydrogens is 390 g/mol. The summed E-state index contributed by atoms with van der Waals surface area (Å²) in [5.74, 6) is -3.81. The van der Waals surface area contributed by atoms with E-state index in [2.05, 4.69) is 20.4 Å². The van der Waals surface area contributed by atoms with E-state index in [1.807, 2.05) is 0 Å². The van der Waals surface area contributed by atoms with E-state index in [9.17, 15) is 27.2 Å². The number of thiazole rings is 1. The van der Waals surface area contributed by atoms with Crippen molar-refractivity contribution in [1.29, 1.82) is 0 Å². The maximum absolute atomic E-state index is 13.0. The van der Waals surface area contributed by atoms with Gasteiger partial charge < -0.3 is 15.4 Å². The van der Waals surface area contributed by atoms with Crippen LogP contribution in [0.4, 0.5) is 22.7 Å². The fourth-order valence-corrected chi connectivity index (χ4v) is 2.77. The third-order valence-corrected chi connectivity index (χ3v) is 4.29. The van der Waals surface area contributed by atoms with Crippen molar-refractivity contribution >= 4 is 28.3 Å². The second kappa shape index (κ2) is 7.51. The van der Waals surface area contributed by atoms with E-state index in [1.54, 1.807) is 5.38 Å². The summed E-state index contributed by atoms with van der Waals surface area (Å²) in [5.41, 5.74) is 0.998. The summed E-state index contributed by atoms with van der Waals surface area (Å²) in [6.07, 6.45) is -5.70. The van der Waals surface area contributed by atoms with E-state index in [-0.39, 0.29) is 11.2 Å². The lowest BCUT2D eigenvalue weighted by molar-refractivity contribution is -0.204. The predicted octanol–water partition coefficient (Wildman–Crippen LogP) is 3.07. The van der Waals surface area contributed by atoms with Crippen molar-refractivity contribution in [2.45, 2.75) is 31.3 Å². The van der Waals surface area contributed by atoms with E-state index in [0.29, 0.717) is 24.1 Å². The van der Waals surface area contributed by atoms with Gasteiger partial charge in [-0.25, -0.2) is 14.2 Å². The van der Waals surface area contributed by atoms with Crippen molar-refractivity contribution in [3.63, 3.8) is 0 Å². The summed E-state index contributed by atoms with van der Waals surface area (Å²) in [6.45, 7) is 0.